The van der Waals surface area contributed by atoms with Gasteiger partial charge in [0.1, 0.15) is 11.6 Å². The van der Waals surface area contributed by atoms with Gasteiger partial charge in [-0.3, -0.25) is 4.90 Å². The Balaban J connectivity index is 1.62. The number of amides is 2. The molecule has 8 nitrogen and oxygen atoms in total. The van der Waals surface area contributed by atoms with Crippen LogP contribution in [0.1, 0.15) is 30.0 Å². The van der Waals surface area contributed by atoms with E-state index >= 15 is 0 Å². The Bertz CT molecular complexity index is 934. The average Bonchev–Trinajstić information content (AvgIpc) is 2.98. The van der Waals surface area contributed by atoms with Crippen LogP contribution in [0.25, 0.3) is 0 Å². The SMILES string of the molecule is CCOC(=O)c1ccccc1N1C(=O)N2CCN(c3ccnc(C)n3)CC2C1C. The van der Waals surface area contributed by atoms with E-state index < -0.39 is 5.97 Å². The second-order valence-electron chi connectivity index (χ2n) is 7.30. The molecule has 0 bridgehead atoms. The first-order valence-electron chi connectivity index (χ1n) is 9.91. The number of carbonyl (C=O) groups is 2. The number of hydrogen-bond donors (Lipinski definition) is 0. The fraction of sp³-hybridized carbons (Fsp3) is 0.429. The first-order chi connectivity index (χ1) is 14.0. The van der Waals surface area contributed by atoms with Crippen LogP contribution < -0.4 is 9.80 Å². The smallest absolute Gasteiger partial charge is 0.340 e. The maximum atomic E-state index is 13.2. The predicted molar refractivity (Wildman–Crippen MR) is 109 cm³/mol. The van der Waals surface area contributed by atoms with Crippen molar-refractivity contribution in [2.45, 2.75) is 32.9 Å². The Morgan fingerprint density at radius 2 is 2.03 bits per heavy atom. The predicted octanol–water partition coefficient (Wildman–Crippen LogP) is 2.48. The van der Waals surface area contributed by atoms with Gasteiger partial charge in [0.05, 0.1) is 29.9 Å². The first-order valence-corrected chi connectivity index (χ1v) is 9.91. The van der Waals surface area contributed by atoms with E-state index in [1.807, 2.05) is 36.9 Å². The van der Waals surface area contributed by atoms with Crippen LogP contribution in [0.2, 0.25) is 0 Å². The third-order valence-corrected chi connectivity index (χ3v) is 5.58. The van der Waals surface area contributed by atoms with E-state index in [9.17, 15) is 9.59 Å². The molecular formula is C21H25N5O3. The highest BCUT2D eigenvalue weighted by atomic mass is 16.5. The van der Waals surface area contributed by atoms with E-state index in [4.69, 9.17) is 4.74 Å². The molecule has 2 unspecified atom stereocenters. The number of nitrogens with zero attached hydrogens (tertiary/aromatic N) is 5. The molecule has 2 aliphatic rings. The number of carbonyl (C=O) groups excluding carboxylic acids is 2. The van der Waals surface area contributed by atoms with Crippen LogP contribution in [0.5, 0.6) is 0 Å². The van der Waals surface area contributed by atoms with Gasteiger partial charge in [-0.05, 0) is 39.0 Å². The lowest BCUT2D eigenvalue weighted by atomic mass is 10.1. The summed E-state index contributed by atoms with van der Waals surface area (Å²) in [6.45, 7) is 7.95. The zero-order valence-electron chi connectivity index (χ0n) is 16.9. The van der Waals surface area contributed by atoms with Crippen LogP contribution in [-0.2, 0) is 4.74 Å². The van der Waals surface area contributed by atoms with Crippen molar-refractivity contribution in [1.82, 2.24) is 14.9 Å². The fourth-order valence-corrected chi connectivity index (χ4v) is 4.16. The maximum Gasteiger partial charge on any atom is 0.340 e. The molecule has 2 fully saturated rings. The van der Waals surface area contributed by atoms with E-state index in [-0.39, 0.29) is 18.1 Å². The minimum Gasteiger partial charge on any atom is -0.462 e. The van der Waals surface area contributed by atoms with Crippen molar-refractivity contribution in [3.63, 3.8) is 0 Å². The van der Waals surface area contributed by atoms with Crippen molar-refractivity contribution in [3.05, 3.63) is 47.9 Å². The maximum absolute atomic E-state index is 13.2. The van der Waals surface area contributed by atoms with E-state index in [0.717, 1.165) is 11.6 Å². The van der Waals surface area contributed by atoms with Crippen molar-refractivity contribution in [3.8, 4) is 0 Å². The number of rotatable bonds is 4. The van der Waals surface area contributed by atoms with Crippen molar-refractivity contribution < 1.29 is 14.3 Å². The molecule has 0 radical (unpaired) electrons. The number of esters is 1. The van der Waals surface area contributed by atoms with Gasteiger partial charge < -0.3 is 14.5 Å². The molecule has 0 N–H and O–H groups in total. The number of urea groups is 1. The van der Waals surface area contributed by atoms with Gasteiger partial charge in [-0.2, -0.15) is 0 Å². The van der Waals surface area contributed by atoms with Crippen LogP contribution in [0, 0.1) is 6.92 Å². The Hall–Kier alpha value is -3.16. The summed E-state index contributed by atoms with van der Waals surface area (Å²) in [6.07, 6.45) is 1.76. The van der Waals surface area contributed by atoms with E-state index in [2.05, 4.69) is 14.9 Å². The topological polar surface area (TPSA) is 78.9 Å². The largest absolute Gasteiger partial charge is 0.462 e. The third-order valence-electron chi connectivity index (χ3n) is 5.58. The van der Waals surface area contributed by atoms with Crippen LogP contribution in [-0.4, -0.2) is 65.2 Å². The first kappa shape index (κ1) is 19.2. The molecule has 1 aromatic carbocycles. The Kier molecular flexibility index (Phi) is 5.08. The number of piperazine rings is 1. The van der Waals surface area contributed by atoms with Crippen molar-refractivity contribution in [1.29, 1.82) is 0 Å². The standard InChI is InChI=1S/C21H25N5O3/c1-4-29-20(27)16-7-5-6-8-17(16)26-14(2)18-13-24(11-12-25(18)21(26)28)19-9-10-22-15(3)23-19/h5-10,14,18H,4,11-13H2,1-3H3. The molecule has 4 rings (SSSR count). The highest BCUT2D eigenvalue weighted by Gasteiger charge is 2.47. The molecular weight excluding hydrogens is 370 g/mol. The number of ether oxygens (including phenoxy) is 1. The summed E-state index contributed by atoms with van der Waals surface area (Å²) in [5.74, 6) is 1.19. The number of fused-ring (bicyclic) bond motifs is 1. The molecule has 2 saturated heterocycles. The summed E-state index contributed by atoms with van der Waals surface area (Å²) in [6, 6.07) is 8.88. The molecule has 8 heteroatoms. The molecule has 0 spiro atoms. The Morgan fingerprint density at radius 3 is 2.79 bits per heavy atom. The molecule has 0 aliphatic carbocycles. The molecule has 1 aromatic heterocycles. The van der Waals surface area contributed by atoms with Crippen molar-refractivity contribution >= 4 is 23.5 Å². The van der Waals surface area contributed by atoms with Crippen LogP contribution in [0.15, 0.2) is 36.5 Å². The summed E-state index contributed by atoms with van der Waals surface area (Å²) >= 11 is 0. The highest BCUT2D eigenvalue weighted by molar-refractivity contribution is 6.03. The third kappa shape index (κ3) is 3.39. The molecule has 29 heavy (non-hydrogen) atoms. The minimum atomic E-state index is -0.411. The monoisotopic (exact) mass is 395 g/mol. The highest BCUT2D eigenvalue weighted by Crippen LogP contribution is 2.34. The molecule has 2 amide bonds. The Labute approximate surface area is 170 Å². The van der Waals surface area contributed by atoms with Crippen molar-refractivity contribution in [2.24, 2.45) is 0 Å². The molecule has 3 heterocycles. The minimum absolute atomic E-state index is 0.00164. The summed E-state index contributed by atoms with van der Waals surface area (Å²) in [7, 11) is 0. The van der Waals surface area contributed by atoms with E-state index in [1.54, 1.807) is 30.2 Å². The summed E-state index contributed by atoms with van der Waals surface area (Å²) in [5.41, 5.74) is 1.01. The zero-order valence-corrected chi connectivity index (χ0v) is 16.9. The van der Waals surface area contributed by atoms with Crippen LogP contribution >= 0.6 is 0 Å². The second kappa shape index (κ2) is 7.69. The van der Waals surface area contributed by atoms with E-state index in [1.165, 1.54) is 0 Å². The number of para-hydroxylation sites is 1. The second-order valence-corrected chi connectivity index (χ2v) is 7.30. The zero-order chi connectivity index (χ0) is 20.5. The Morgan fingerprint density at radius 1 is 1.24 bits per heavy atom. The van der Waals surface area contributed by atoms with Crippen molar-refractivity contribution in [2.75, 3.05) is 36.0 Å². The van der Waals surface area contributed by atoms with Gasteiger partial charge >= 0.3 is 12.0 Å². The lowest BCUT2D eigenvalue weighted by molar-refractivity contribution is 0.0527. The van der Waals surface area contributed by atoms with Gasteiger partial charge in [0.2, 0.25) is 0 Å². The van der Waals surface area contributed by atoms with Gasteiger partial charge in [0.15, 0.2) is 0 Å². The normalized spacial score (nSPS) is 21.3. The number of hydrogen-bond acceptors (Lipinski definition) is 6. The van der Waals surface area contributed by atoms with Crippen LogP contribution in [0.4, 0.5) is 16.3 Å². The molecule has 2 aliphatic heterocycles. The summed E-state index contributed by atoms with van der Waals surface area (Å²) in [4.78, 5) is 40.2. The molecule has 2 atom stereocenters. The summed E-state index contributed by atoms with van der Waals surface area (Å²) in [5, 5.41) is 0. The number of benzene rings is 1. The van der Waals surface area contributed by atoms with Crippen LogP contribution in [0.3, 0.4) is 0 Å². The summed E-state index contributed by atoms with van der Waals surface area (Å²) < 4.78 is 5.19. The lowest BCUT2D eigenvalue weighted by Crippen LogP contribution is -2.53. The van der Waals surface area contributed by atoms with Gasteiger partial charge in [0.25, 0.3) is 0 Å². The molecule has 2 aromatic rings. The van der Waals surface area contributed by atoms with Gasteiger partial charge in [-0.1, -0.05) is 12.1 Å². The lowest BCUT2D eigenvalue weighted by Gasteiger charge is -2.38. The number of anilines is 2. The van der Waals surface area contributed by atoms with Gasteiger partial charge in [-0.25, -0.2) is 19.6 Å². The average molecular weight is 395 g/mol. The quantitative estimate of drug-likeness (QED) is 0.740. The molecule has 152 valence electrons. The fourth-order valence-electron chi connectivity index (χ4n) is 4.16. The number of aromatic nitrogens is 2. The molecule has 0 saturated carbocycles. The van der Waals surface area contributed by atoms with Gasteiger partial charge in [-0.15, -0.1) is 0 Å². The number of aryl methyl sites for hydroxylation is 1. The van der Waals surface area contributed by atoms with Gasteiger partial charge in [0, 0.05) is 25.8 Å². The van der Waals surface area contributed by atoms with E-state index in [0.29, 0.717) is 37.5 Å².